The molecule has 1 fully saturated rings. The van der Waals surface area contributed by atoms with Gasteiger partial charge in [-0.15, -0.1) is 0 Å². The first-order valence-corrected chi connectivity index (χ1v) is 7.07. The summed E-state index contributed by atoms with van der Waals surface area (Å²) in [5.41, 5.74) is 6.46. The van der Waals surface area contributed by atoms with E-state index in [1.807, 2.05) is 0 Å². The summed E-state index contributed by atoms with van der Waals surface area (Å²) in [5.74, 6) is 0.989. The van der Waals surface area contributed by atoms with Crippen molar-refractivity contribution in [2.75, 3.05) is 24.7 Å². The van der Waals surface area contributed by atoms with Gasteiger partial charge in [-0.1, -0.05) is 32.1 Å². The Hall–Kier alpha value is -1.45. The van der Waals surface area contributed by atoms with Gasteiger partial charge in [0.05, 0.1) is 18.5 Å². The second-order valence-corrected chi connectivity index (χ2v) is 5.29. The van der Waals surface area contributed by atoms with E-state index in [2.05, 4.69) is 5.32 Å². The molecule has 0 spiro atoms. The minimum absolute atomic E-state index is 0.318. The highest BCUT2D eigenvalue weighted by Crippen LogP contribution is 2.29. The van der Waals surface area contributed by atoms with Gasteiger partial charge in [0, 0.05) is 18.7 Å². The molecule has 0 amide bonds. The summed E-state index contributed by atoms with van der Waals surface area (Å²) in [5, 5.41) is 3.15. The molecule has 0 unspecified atom stereocenters. The largest absolute Gasteiger partial charge is 0.495 e. The minimum Gasteiger partial charge on any atom is -0.495 e. The molecule has 0 bridgehead atoms. The molecule has 0 heterocycles. The quantitative estimate of drug-likeness (QED) is 0.797. The third-order valence-corrected chi connectivity index (χ3v) is 3.91. The number of anilines is 2. The standard InChI is InChI=1S/C15H23FN2O/c1-19-15-10-14(12(16)9-13(15)17)18-8-7-11-5-3-2-4-6-11/h9-11,18H,2-8,17H2,1H3. The van der Waals surface area contributed by atoms with E-state index in [0.29, 0.717) is 17.1 Å². The zero-order valence-electron chi connectivity index (χ0n) is 11.5. The van der Waals surface area contributed by atoms with Gasteiger partial charge in [0.2, 0.25) is 0 Å². The van der Waals surface area contributed by atoms with Gasteiger partial charge in [-0.05, 0) is 12.3 Å². The van der Waals surface area contributed by atoms with E-state index in [1.54, 1.807) is 6.07 Å². The molecule has 19 heavy (non-hydrogen) atoms. The van der Waals surface area contributed by atoms with Crippen LogP contribution in [-0.4, -0.2) is 13.7 Å². The lowest BCUT2D eigenvalue weighted by molar-refractivity contribution is 0.345. The predicted octanol–water partition coefficient (Wildman–Crippen LogP) is 3.80. The summed E-state index contributed by atoms with van der Waals surface area (Å²) >= 11 is 0. The van der Waals surface area contributed by atoms with Crippen molar-refractivity contribution < 1.29 is 9.13 Å². The van der Waals surface area contributed by atoms with E-state index in [9.17, 15) is 4.39 Å². The number of hydrogen-bond acceptors (Lipinski definition) is 3. The monoisotopic (exact) mass is 266 g/mol. The zero-order valence-corrected chi connectivity index (χ0v) is 11.5. The van der Waals surface area contributed by atoms with Crippen LogP contribution in [0.5, 0.6) is 5.75 Å². The highest BCUT2D eigenvalue weighted by Gasteiger charge is 2.13. The lowest BCUT2D eigenvalue weighted by atomic mass is 9.87. The van der Waals surface area contributed by atoms with Crippen LogP contribution in [0.2, 0.25) is 0 Å². The molecular formula is C15H23FN2O. The van der Waals surface area contributed by atoms with E-state index in [1.165, 1.54) is 45.3 Å². The number of methoxy groups -OCH3 is 1. The average Bonchev–Trinajstić information content (AvgIpc) is 2.42. The number of hydrogen-bond donors (Lipinski definition) is 2. The van der Waals surface area contributed by atoms with Crippen LogP contribution in [0, 0.1) is 11.7 Å². The van der Waals surface area contributed by atoms with Gasteiger partial charge in [0.1, 0.15) is 11.6 Å². The number of nitrogens with one attached hydrogen (secondary N) is 1. The fourth-order valence-electron chi connectivity index (χ4n) is 2.77. The molecule has 3 N–H and O–H groups in total. The first-order valence-electron chi connectivity index (χ1n) is 7.07. The predicted molar refractivity (Wildman–Crippen MR) is 77.0 cm³/mol. The number of benzene rings is 1. The maximum atomic E-state index is 13.7. The van der Waals surface area contributed by atoms with Crippen molar-refractivity contribution in [2.45, 2.75) is 38.5 Å². The average molecular weight is 266 g/mol. The van der Waals surface area contributed by atoms with E-state index in [-0.39, 0.29) is 5.82 Å². The van der Waals surface area contributed by atoms with E-state index in [0.717, 1.165) is 18.9 Å². The number of nitrogens with two attached hydrogens (primary N) is 1. The fourth-order valence-corrected chi connectivity index (χ4v) is 2.77. The molecule has 4 heteroatoms. The molecule has 1 saturated carbocycles. The van der Waals surface area contributed by atoms with Gasteiger partial charge < -0.3 is 15.8 Å². The summed E-state index contributed by atoms with van der Waals surface area (Å²) in [6, 6.07) is 2.94. The maximum absolute atomic E-state index is 13.7. The first kappa shape index (κ1) is 14.0. The van der Waals surface area contributed by atoms with E-state index in [4.69, 9.17) is 10.5 Å². The molecule has 0 radical (unpaired) electrons. The van der Waals surface area contributed by atoms with Gasteiger partial charge in [0.15, 0.2) is 0 Å². The zero-order chi connectivity index (χ0) is 13.7. The second kappa shape index (κ2) is 6.64. The fraction of sp³-hybridized carbons (Fsp3) is 0.600. The van der Waals surface area contributed by atoms with E-state index >= 15 is 0 Å². The number of rotatable bonds is 5. The highest BCUT2D eigenvalue weighted by atomic mass is 19.1. The molecule has 0 aliphatic heterocycles. The SMILES string of the molecule is COc1cc(NCCC2CCCCC2)c(F)cc1N. The van der Waals surface area contributed by atoms with Crippen LogP contribution >= 0.6 is 0 Å². The Kier molecular flexibility index (Phi) is 4.88. The Bertz CT molecular complexity index is 417. The lowest BCUT2D eigenvalue weighted by Crippen LogP contribution is -2.13. The second-order valence-electron chi connectivity index (χ2n) is 5.29. The van der Waals surface area contributed by atoms with Crippen molar-refractivity contribution in [2.24, 2.45) is 5.92 Å². The van der Waals surface area contributed by atoms with Crippen molar-refractivity contribution in [1.29, 1.82) is 0 Å². The minimum atomic E-state index is -0.318. The van der Waals surface area contributed by atoms with Crippen LogP contribution in [0.15, 0.2) is 12.1 Å². The Morgan fingerprint density at radius 1 is 1.32 bits per heavy atom. The lowest BCUT2D eigenvalue weighted by Gasteiger charge is -2.21. The van der Waals surface area contributed by atoms with Crippen LogP contribution in [0.3, 0.4) is 0 Å². The Morgan fingerprint density at radius 2 is 2.05 bits per heavy atom. The van der Waals surface area contributed by atoms with Crippen molar-refractivity contribution in [3.8, 4) is 5.75 Å². The molecule has 0 saturated heterocycles. The normalized spacial score (nSPS) is 16.3. The van der Waals surface area contributed by atoms with Crippen molar-refractivity contribution >= 4 is 11.4 Å². The molecule has 1 aliphatic carbocycles. The Morgan fingerprint density at radius 3 is 2.74 bits per heavy atom. The van der Waals surface area contributed by atoms with Crippen LogP contribution in [0.1, 0.15) is 38.5 Å². The van der Waals surface area contributed by atoms with Gasteiger partial charge in [-0.25, -0.2) is 4.39 Å². The summed E-state index contributed by atoms with van der Waals surface area (Å²) in [7, 11) is 1.54. The molecule has 2 rings (SSSR count). The van der Waals surface area contributed by atoms with Crippen LogP contribution in [0.25, 0.3) is 0 Å². The molecule has 3 nitrogen and oxygen atoms in total. The van der Waals surface area contributed by atoms with Gasteiger partial charge in [0.25, 0.3) is 0 Å². The van der Waals surface area contributed by atoms with Gasteiger partial charge in [-0.2, -0.15) is 0 Å². The number of halogens is 1. The van der Waals surface area contributed by atoms with E-state index < -0.39 is 0 Å². The van der Waals surface area contributed by atoms with Crippen LogP contribution < -0.4 is 15.8 Å². The highest BCUT2D eigenvalue weighted by molar-refractivity contribution is 5.62. The molecule has 0 aromatic heterocycles. The summed E-state index contributed by atoms with van der Waals surface area (Å²) in [6.45, 7) is 0.800. The molecule has 106 valence electrons. The van der Waals surface area contributed by atoms with Gasteiger partial charge >= 0.3 is 0 Å². The van der Waals surface area contributed by atoms with Crippen molar-refractivity contribution in [1.82, 2.24) is 0 Å². The third-order valence-electron chi connectivity index (χ3n) is 3.91. The third kappa shape index (κ3) is 3.75. The maximum Gasteiger partial charge on any atom is 0.148 e. The molecule has 1 aromatic carbocycles. The van der Waals surface area contributed by atoms with Gasteiger partial charge in [-0.3, -0.25) is 0 Å². The Labute approximate surface area is 114 Å². The summed E-state index contributed by atoms with van der Waals surface area (Å²) in [6.07, 6.45) is 7.79. The number of ether oxygens (including phenoxy) is 1. The smallest absolute Gasteiger partial charge is 0.148 e. The van der Waals surface area contributed by atoms with Crippen molar-refractivity contribution in [3.63, 3.8) is 0 Å². The number of nitrogen functional groups attached to an aromatic ring is 1. The van der Waals surface area contributed by atoms with Crippen LogP contribution in [-0.2, 0) is 0 Å². The van der Waals surface area contributed by atoms with Crippen LogP contribution in [0.4, 0.5) is 15.8 Å². The molecule has 1 aliphatic rings. The molecular weight excluding hydrogens is 243 g/mol. The summed E-state index contributed by atoms with van der Waals surface area (Å²) in [4.78, 5) is 0. The first-order chi connectivity index (χ1) is 9.20. The molecule has 0 atom stereocenters. The molecule has 1 aromatic rings. The topological polar surface area (TPSA) is 47.3 Å². The van der Waals surface area contributed by atoms with Crippen molar-refractivity contribution in [3.05, 3.63) is 17.9 Å². The Balaban J connectivity index is 1.88. The summed E-state index contributed by atoms with van der Waals surface area (Å²) < 4.78 is 18.8.